The molecule has 1 aliphatic rings. The van der Waals surface area contributed by atoms with E-state index >= 15 is 0 Å². The van der Waals surface area contributed by atoms with Gasteiger partial charge in [0.25, 0.3) is 5.89 Å². The van der Waals surface area contributed by atoms with E-state index in [4.69, 9.17) is 15.0 Å². The Labute approximate surface area is 176 Å². The number of benzene rings is 2. The average Bonchev–Trinajstić information content (AvgIpc) is 3.37. The molecule has 2 aromatic carbocycles. The van der Waals surface area contributed by atoms with E-state index in [2.05, 4.69) is 23.6 Å². The van der Waals surface area contributed by atoms with Crippen molar-refractivity contribution in [2.24, 2.45) is 5.73 Å². The average molecular weight is 409 g/mol. The molecule has 0 radical (unpaired) electrons. The van der Waals surface area contributed by atoms with E-state index in [0.29, 0.717) is 30.5 Å². The highest BCUT2D eigenvalue weighted by atomic mass is 16.5. The molecule has 0 saturated carbocycles. The second-order valence-electron chi connectivity index (χ2n) is 7.72. The molecule has 0 bridgehead atoms. The highest BCUT2D eigenvalue weighted by Crippen LogP contribution is 2.34. The van der Waals surface area contributed by atoms with Crippen LogP contribution in [0.15, 0.2) is 53.3 Å². The Morgan fingerprint density at radius 3 is 2.87 bits per heavy atom. The van der Waals surface area contributed by atoms with Crippen molar-refractivity contribution in [3.8, 4) is 17.1 Å². The Bertz CT molecular complexity index is 1030. The highest BCUT2D eigenvalue weighted by Gasteiger charge is 2.38. The van der Waals surface area contributed by atoms with Gasteiger partial charge in [-0.2, -0.15) is 4.98 Å². The summed E-state index contributed by atoms with van der Waals surface area (Å²) in [5, 5.41) is 16.6. The number of rotatable bonds is 8. The number of unbranched alkanes of at least 4 members (excludes halogenated alkanes) is 2. The largest absolute Gasteiger partial charge is 0.494 e. The quantitative estimate of drug-likeness (QED) is 0.544. The summed E-state index contributed by atoms with van der Waals surface area (Å²) in [6, 6.07) is 11.6. The Morgan fingerprint density at radius 1 is 1.27 bits per heavy atom. The first-order valence-electron chi connectivity index (χ1n) is 10.5. The van der Waals surface area contributed by atoms with Crippen LogP contribution in [0.4, 0.5) is 0 Å². The number of hydrogen-bond acceptors (Lipinski definition) is 7. The van der Waals surface area contributed by atoms with E-state index in [-0.39, 0.29) is 0 Å². The van der Waals surface area contributed by atoms with E-state index < -0.39 is 12.1 Å². The minimum absolute atomic E-state index is 0.345. The number of fused-ring (bicyclic) bond motifs is 1. The second-order valence-corrected chi connectivity index (χ2v) is 7.72. The molecule has 3 aromatic rings. The summed E-state index contributed by atoms with van der Waals surface area (Å²) in [7, 11) is 0. The van der Waals surface area contributed by atoms with Crippen molar-refractivity contribution in [3.63, 3.8) is 0 Å². The standard InChI is InChI=1S/C23H28N4O3/c1-3-4-5-12-29-19-9-8-16-13-18(7-6-17(16)14-19)22-25-23(30-26-22)21-20(28)10-11-27(21)15(2)24/h6-9,13-14,20-21,28H,2-5,10-12,24H2,1H3/t20-,21-/m0/s1. The zero-order chi connectivity index (χ0) is 21.1. The SMILES string of the molecule is C=C(N)N1CC[C@H](O)[C@H]1c1nc(-c2ccc3cc(OCCCCC)ccc3c2)no1. The first-order chi connectivity index (χ1) is 14.6. The van der Waals surface area contributed by atoms with Crippen LogP contribution in [0.2, 0.25) is 0 Å². The molecule has 2 atom stereocenters. The number of ether oxygens (including phenoxy) is 1. The highest BCUT2D eigenvalue weighted by molar-refractivity contribution is 5.87. The van der Waals surface area contributed by atoms with Gasteiger partial charge < -0.3 is 25.0 Å². The maximum atomic E-state index is 10.3. The summed E-state index contributed by atoms with van der Waals surface area (Å²) >= 11 is 0. The predicted molar refractivity (Wildman–Crippen MR) is 116 cm³/mol. The number of aliphatic hydroxyl groups excluding tert-OH is 1. The van der Waals surface area contributed by atoms with Crippen LogP contribution >= 0.6 is 0 Å². The molecule has 2 heterocycles. The molecule has 1 aromatic heterocycles. The third kappa shape index (κ3) is 4.11. The fourth-order valence-electron chi connectivity index (χ4n) is 3.86. The minimum atomic E-state index is -0.619. The number of hydrogen-bond donors (Lipinski definition) is 2. The van der Waals surface area contributed by atoms with Crippen LogP contribution in [0.3, 0.4) is 0 Å². The fraction of sp³-hybridized carbons (Fsp3) is 0.391. The van der Waals surface area contributed by atoms with Crippen LogP contribution in [0.25, 0.3) is 22.2 Å². The van der Waals surface area contributed by atoms with Gasteiger partial charge in [-0.1, -0.05) is 49.7 Å². The van der Waals surface area contributed by atoms with Crippen molar-refractivity contribution in [2.45, 2.75) is 44.8 Å². The lowest BCUT2D eigenvalue weighted by Gasteiger charge is -2.24. The monoisotopic (exact) mass is 408 g/mol. The second kappa shape index (κ2) is 8.75. The van der Waals surface area contributed by atoms with E-state index in [1.165, 1.54) is 12.8 Å². The molecule has 0 unspecified atom stereocenters. The van der Waals surface area contributed by atoms with Crippen molar-refractivity contribution in [2.75, 3.05) is 13.2 Å². The smallest absolute Gasteiger partial charge is 0.252 e. The Balaban J connectivity index is 1.53. The number of aromatic nitrogens is 2. The summed E-state index contributed by atoms with van der Waals surface area (Å²) < 4.78 is 11.3. The van der Waals surface area contributed by atoms with Gasteiger partial charge in [0, 0.05) is 12.1 Å². The van der Waals surface area contributed by atoms with Gasteiger partial charge in [0.2, 0.25) is 5.82 Å². The zero-order valence-electron chi connectivity index (χ0n) is 17.3. The summed E-state index contributed by atoms with van der Waals surface area (Å²) in [5.41, 5.74) is 6.69. The van der Waals surface area contributed by atoms with Gasteiger partial charge in [-0.05, 0) is 41.8 Å². The molecule has 7 nitrogen and oxygen atoms in total. The van der Waals surface area contributed by atoms with Gasteiger partial charge in [0.15, 0.2) is 0 Å². The Morgan fingerprint density at radius 2 is 2.07 bits per heavy atom. The Kier molecular flexibility index (Phi) is 5.90. The molecule has 3 N–H and O–H groups in total. The molecule has 0 aliphatic carbocycles. The fourth-order valence-corrected chi connectivity index (χ4v) is 3.86. The molecule has 7 heteroatoms. The van der Waals surface area contributed by atoms with E-state index in [9.17, 15) is 5.11 Å². The van der Waals surface area contributed by atoms with Gasteiger partial charge in [-0.3, -0.25) is 0 Å². The minimum Gasteiger partial charge on any atom is -0.494 e. The van der Waals surface area contributed by atoms with Crippen LogP contribution < -0.4 is 10.5 Å². The van der Waals surface area contributed by atoms with E-state index in [0.717, 1.165) is 35.1 Å². The molecule has 158 valence electrons. The van der Waals surface area contributed by atoms with Crippen molar-refractivity contribution in [1.82, 2.24) is 15.0 Å². The topological polar surface area (TPSA) is 97.6 Å². The molecule has 0 spiro atoms. The summed E-state index contributed by atoms with van der Waals surface area (Å²) in [5.74, 6) is 2.09. The van der Waals surface area contributed by atoms with Gasteiger partial charge in [0.1, 0.15) is 11.8 Å². The first kappa shape index (κ1) is 20.2. The van der Waals surface area contributed by atoms with Crippen LogP contribution in [0.1, 0.15) is 44.5 Å². The summed E-state index contributed by atoms with van der Waals surface area (Å²) in [4.78, 5) is 6.32. The predicted octanol–water partition coefficient (Wildman–Crippen LogP) is 4.00. The molecule has 0 amide bonds. The van der Waals surface area contributed by atoms with E-state index in [1.54, 1.807) is 4.90 Å². The van der Waals surface area contributed by atoms with Gasteiger partial charge in [0.05, 0.1) is 18.5 Å². The lowest BCUT2D eigenvalue weighted by atomic mass is 10.1. The third-order valence-electron chi connectivity index (χ3n) is 5.52. The number of nitrogens with zero attached hydrogens (tertiary/aromatic N) is 3. The van der Waals surface area contributed by atoms with Crippen molar-refractivity contribution >= 4 is 10.8 Å². The molecule has 1 fully saturated rings. The van der Waals surface area contributed by atoms with Crippen molar-refractivity contribution in [1.29, 1.82) is 0 Å². The lowest BCUT2D eigenvalue weighted by molar-refractivity contribution is 0.107. The summed E-state index contributed by atoms with van der Waals surface area (Å²) in [6.07, 6.45) is 3.39. The third-order valence-corrected chi connectivity index (χ3v) is 5.52. The maximum Gasteiger partial charge on any atom is 0.252 e. The van der Waals surface area contributed by atoms with Gasteiger partial charge in [-0.25, -0.2) is 0 Å². The van der Waals surface area contributed by atoms with Crippen LogP contribution in [-0.2, 0) is 0 Å². The molecule has 30 heavy (non-hydrogen) atoms. The van der Waals surface area contributed by atoms with Crippen LogP contribution in [0, 0.1) is 0 Å². The number of nitrogens with two attached hydrogens (primary N) is 1. The molecule has 4 rings (SSSR count). The number of aliphatic hydroxyl groups is 1. The number of likely N-dealkylation sites (tertiary alicyclic amines) is 1. The molecular weight excluding hydrogens is 380 g/mol. The molecule has 1 aliphatic heterocycles. The lowest BCUT2D eigenvalue weighted by Crippen LogP contribution is -2.30. The zero-order valence-corrected chi connectivity index (χ0v) is 17.3. The van der Waals surface area contributed by atoms with E-state index in [1.807, 2.05) is 36.4 Å². The van der Waals surface area contributed by atoms with Gasteiger partial charge >= 0.3 is 0 Å². The maximum absolute atomic E-state index is 10.3. The van der Waals surface area contributed by atoms with Crippen LogP contribution in [0.5, 0.6) is 5.75 Å². The summed E-state index contributed by atoms with van der Waals surface area (Å²) in [6.45, 7) is 7.30. The molecule has 1 saturated heterocycles. The molecular formula is C23H28N4O3. The van der Waals surface area contributed by atoms with Crippen LogP contribution in [-0.4, -0.2) is 39.4 Å². The normalized spacial score (nSPS) is 18.8. The van der Waals surface area contributed by atoms with Crippen molar-refractivity contribution in [3.05, 3.63) is 54.7 Å². The Hall–Kier alpha value is -3.06. The first-order valence-corrected chi connectivity index (χ1v) is 10.5. The van der Waals surface area contributed by atoms with Gasteiger partial charge in [-0.15, -0.1) is 0 Å². The van der Waals surface area contributed by atoms with Crippen molar-refractivity contribution < 1.29 is 14.4 Å².